The number of nitrogens with zero attached hydrogens (tertiary/aromatic N) is 1. The Morgan fingerprint density at radius 2 is 1.80 bits per heavy atom. The molecule has 1 saturated carbocycles. The first-order chi connectivity index (χ1) is 9.29. The van der Waals surface area contributed by atoms with Gasteiger partial charge >= 0.3 is 6.18 Å². The van der Waals surface area contributed by atoms with Crippen LogP contribution in [0.5, 0.6) is 0 Å². The average Bonchev–Trinajstić information content (AvgIpc) is 2.38. The van der Waals surface area contributed by atoms with Crippen LogP contribution >= 0.6 is 0 Å². The maximum Gasteiger partial charge on any atom is 0.391 e. The topological polar surface area (TPSA) is 61.4 Å². The smallest absolute Gasteiger partial charge is 0.314 e. The average molecular weight is 315 g/mol. The molecule has 2 aliphatic rings. The van der Waals surface area contributed by atoms with Crippen molar-refractivity contribution in [3.63, 3.8) is 0 Å². The number of halogens is 3. The third-order valence-corrected chi connectivity index (χ3v) is 5.54. The van der Waals surface area contributed by atoms with Gasteiger partial charge in [0.25, 0.3) is 10.2 Å². The molecule has 1 saturated heterocycles. The van der Waals surface area contributed by atoms with Crippen LogP contribution in [0.3, 0.4) is 0 Å². The second-order valence-corrected chi connectivity index (χ2v) is 7.08. The van der Waals surface area contributed by atoms with Crippen molar-refractivity contribution in [2.75, 3.05) is 26.2 Å². The van der Waals surface area contributed by atoms with Crippen molar-refractivity contribution in [1.82, 2.24) is 14.3 Å². The van der Waals surface area contributed by atoms with Crippen molar-refractivity contribution < 1.29 is 21.6 Å². The molecule has 2 unspecified atom stereocenters. The lowest BCUT2D eigenvalue weighted by Gasteiger charge is -2.33. The van der Waals surface area contributed by atoms with E-state index in [1.807, 2.05) is 0 Å². The lowest BCUT2D eigenvalue weighted by Crippen LogP contribution is -2.53. The number of rotatable bonds is 3. The van der Waals surface area contributed by atoms with E-state index in [0.717, 1.165) is 0 Å². The minimum Gasteiger partial charge on any atom is -0.314 e. The van der Waals surface area contributed by atoms with Gasteiger partial charge < -0.3 is 5.32 Å². The fourth-order valence-corrected chi connectivity index (χ4v) is 4.21. The van der Waals surface area contributed by atoms with Crippen LogP contribution in [-0.4, -0.2) is 51.1 Å². The minimum absolute atomic E-state index is 0.0926. The van der Waals surface area contributed by atoms with Crippen LogP contribution in [0.4, 0.5) is 13.2 Å². The van der Waals surface area contributed by atoms with Gasteiger partial charge in [-0.2, -0.15) is 30.6 Å². The number of hydrogen-bond donors (Lipinski definition) is 2. The molecule has 9 heteroatoms. The van der Waals surface area contributed by atoms with Crippen molar-refractivity contribution in [3.05, 3.63) is 0 Å². The number of piperazine rings is 1. The number of hydrogen-bond acceptors (Lipinski definition) is 3. The molecule has 2 atom stereocenters. The lowest BCUT2D eigenvalue weighted by molar-refractivity contribution is -0.183. The van der Waals surface area contributed by atoms with Gasteiger partial charge in [-0.15, -0.1) is 0 Å². The molecule has 2 rings (SSSR count). The third-order valence-electron chi connectivity index (χ3n) is 3.87. The van der Waals surface area contributed by atoms with E-state index in [-0.39, 0.29) is 12.8 Å². The second-order valence-electron chi connectivity index (χ2n) is 5.37. The molecule has 118 valence electrons. The van der Waals surface area contributed by atoms with Crippen molar-refractivity contribution >= 4 is 10.2 Å². The van der Waals surface area contributed by atoms with E-state index in [9.17, 15) is 21.6 Å². The summed E-state index contributed by atoms with van der Waals surface area (Å²) in [5.41, 5.74) is 0. The van der Waals surface area contributed by atoms with Gasteiger partial charge in [0.15, 0.2) is 0 Å². The Bertz CT molecular complexity index is 421. The highest BCUT2D eigenvalue weighted by atomic mass is 32.2. The van der Waals surface area contributed by atoms with E-state index in [1.165, 1.54) is 4.31 Å². The molecular weight excluding hydrogens is 295 g/mol. The molecule has 0 spiro atoms. The molecule has 20 heavy (non-hydrogen) atoms. The Morgan fingerprint density at radius 3 is 2.40 bits per heavy atom. The Kier molecular flexibility index (Phi) is 4.93. The molecular formula is C11H20F3N3O2S. The highest BCUT2D eigenvalue weighted by Gasteiger charge is 2.43. The van der Waals surface area contributed by atoms with E-state index in [1.54, 1.807) is 0 Å². The molecule has 0 aromatic heterocycles. The Morgan fingerprint density at radius 1 is 1.15 bits per heavy atom. The molecule has 1 aliphatic carbocycles. The maximum absolute atomic E-state index is 12.7. The first-order valence-electron chi connectivity index (χ1n) is 6.84. The van der Waals surface area contributed by atoms with Gasteiger partial charge in [0.1, 0.15) is 0 Å². The molecule has 2 fully saturated rings. The summed E-state index contributed by atoms with van der Waals surface area (Å²) in [6.45, 7) is 1.84. The van der Waals surface area contributed by atoms with Gasteiger partial charge in [-0.25, -0.2) is 0 Å². The van der Waals surface area contributed by atoms with Crippen LogP contribution < -0.4 is 10.0 Å². The predicted molar refractivity (Wildman–Crippen MR) is 68.3 cm³/mol. The van der Waals surface area contributed by atoms with Gasteiger partial charge in [0, 0.05) is 32.2 Å². The standard InChI is InChI=1S/C11H20F3N3O2S/c12-11(13,14)9-2-1-3-10(8-9)16-20(18,19)17-6-4-15-5-7-17/h9-10,15-16H,1-8H2. The van der Waals surface area contributed by atoms with Crippen LogP contribution in [-0.2, 0) is 10.2 Å². The summed E-state index contributed by atoms with van der Waals surface area (Å²) in [5.74, 6) is -1.40. The van der Waals surface area contributed by atoms with Crippen LogP contribution in [0, 0.1) is 5.92 Å². The largest absolute Gasteiger partial charge is 0.391 e. The molecule has 0 amide bonds. The molecule has 5 nitrogen and oxygen atoms in total. The zero-order chi connectivity index (χ0) is 14.8. The fraction of sp³-hybridized carbons (Fsp3) is 1.00. The van der Waals surface area contributed by atoms with E-state index in [2.05, 4.69) is 10.0 Å². The van der Waals surface area contributed by atoms with Crippen LogP contribution in [0.15, 0.2) is 0 Å². The first-order valence-corrected chi connectivity index (χ1v) is 8.28. The first kappa shape index (κ1) is 16.0. The molecule has 1 aliphatic heterocycles. The molecule has 0 aromatic carbocycles. The van der Waals surface area contributed by atoms with Gasteiger partial charge in [-0.1, -0.05) is 6.42 Å². The highest BCUT2D eigenvalue weighted by Crippen LogP contribution is 2.37. The summed E-state index contributed by atoms with van der Waals surface area (Å²) in [6.07, 6.45) is -3.43. The summed E-state index contributed by atoms with van der Waals surface area (Å²) in [7, 11) is -3.68. The lowest BCUT2D eigenvalue weighted by atomic mass is 9.86. The summed E-state index contributed by atoms with van der Waals surface area (Å²) < 4.78 is 66.1. The zero-order valence-electron chi connectivity index (χ0n) is 11.1. The Hall–Kier alpha value is -0.380. The van der Waals surface area contributed by atoms with Crippen molar-refractivity contribution in [3.8, 4) is 0 Å². The van der Waals surface area contributed by atoms with E-state index < -0.39 is 28.3 Å². The fourth-order valence-electron chi connectivity index (χ4n) is 2.76. The maximum atomic E-state index is 12.7. The molecule has 0 radical (unpaired) electrons. The molecule has 0 bridgehead atoms. The van der Waals surface area contributed by atoms with E-state index in [4.69, 9.17) is 0 Å². The third kappa shape index (κ3) is 4.06. The summed E-state index contributed by atoms with van der Waals surface area (Å²) >= 11 is 0. The van der Waals surface area contributed by atoms with Gasteiger partial charge in [-0.3, -0.25) is 0 Å². The van der Waals surface area contributed by atoms with Crippen LogP contribution in [0.2, 0.25) is 0 Å². The number of alkyl halides is 3. The van der Waals surface area contributed by atoms with Gasteiger partial charge in [0.2, 0.25) is 0 Å². The minimum atomic E-state index is -4.24. The van der Waals surface area contributed by atoms with Crippen LogP contribution in [0.25, 0.3) is 0 Å². The summed E-state index contributed by atoms with van der Waals surface area (Å²) in [6, 6.07) is -0.615. The molecule has 1 heterocycles. The molecule has 0 aromatic rings. The number of nitrogens with one attached hydrogen (secondary N) is 2. The second kappa shape index (κ2) is 6.17. The Labute approximate surface area is 117 Å². The van der Waals surface area contributed by atoms with Gasteiger partial charge in [0.05, 0.1) is 5.92 Å². The predicted octanol–water partition coefficient (Wildman–Crippen LogP) is 0.847. The normalized spacial score (nSPS) is 30.4. The summed E-state index contributed by atoms with van der Waals surface area (Å²) in [4.78, 5) is 0. The van der Waals surface area contributed by atoms with E-state index in [0.29, 0.717) is 39.0 Å². The van der Waals surface area contributed by atoms with Crippen molar-refractivity contribution in [2.24, 2.45) is 5.92 Å². The SMILES string of the molecule is O=S(=O)(NC1CCCC(C(F)(F)F)C1)N1CCNCC1. The highest BCUT2D eigenvalue weighted by molar-refractivity contribution is 7.87. The van der Waals surface area contributed by atoms with Crippen molar-refractivity contribution in [1.29, 1.82) is 0 Å². The Balaban J connectivity index is 1.94. The quantitative estimate of drug-likeness (QED) is 0.811. The monoisotopic (exact) mass is 315 g/mol. The van der Waals surface area contributed by atoms with E-state index >= 15 is 0 Å². The van der Waals surface area contributed by atoms with Crippen molar-refractivity contribution in [2.45, 2.75) is 37.9 Å². The van der Waals surface area contributed by atoms with Gasteiger partial charge in [-0.05, 0) is 19.3 Å². The zero-order valence-corrected chi connectivity index (χ0v) is 11.9. The summed E-state index contributed by atoms with van der Waals surface area (Å²) in [5, 5.41) is 3.03. The molecule has 2 N–H and O–H groups in total. The van der Waals surface area contributed by atoms with Crippen LogP contribution in [0.1, 0.15) is 25.7 Å².